The molecule has 5 nitrogen and oxygen atoms in total. The number of carbonyl (C=O) groups is 1. The zero-order chi connectivity index (χ0) is 12.4. The smallest absolute Gasteiger partial charge is 0.339 e. The average molecular weight is 233 g/mol. The van der Waals surface area contributed by atoms with Crippen molar-refractivity contribution in [3.8, 4) is 17.2 Å². The van der Waals surface area contributed by atoms with Crippen LogP contribution in [0.4, 0.5) is 0 Å². The first-order valence-electron chi connectivity index (χ1n) is 4.96. The van der Waals surface area contributed by atoms with Crippen LogP contribution in [0.3, 0.4) is 0 Å². The van der Waals surface area contributed by atoms with Crippen molar-refractivity contribution in [3.63, 3.8) is 0 Å². The summed E-state index contributed by atoms with van der Waals surface area (Å²) in [6.45, 7) is 1.81. The maximum absolute atomic E-state index is 11.0. The van der Waals surface area contributed by atoms with Gasteiger partial charge < -0.3 is 14.3 Å². The molecule has 88 valence electrons. The first-order chi connectivity index (χ1) is 8.11. The number of aromatic nitrogens is 1. The number of aromatic carboxylic acids is 1. The molecule has 0 atom stereocenters. The average Bonchev–Trinajstić information content (AvgIpc) is 2.75. The number of hydrogen-bond donors (Lipinski definition) is 1. The van der Waals surface area contributed by atoms with E-state index in [0.29, 0.717) is 11.5 Å². The van der Waals surface area contributed by atoms with Crippen LogP contribution in [0.1, 0.15) is 16.1 Å². The van der Waals surface area contributed by atoms with Crippen molar-refractivity contribution < 1.29 is 19.1 Å². The first kappa shape index (κ1) is 11.2. The number of aryl methyl sites for hydroxylation is 1. The number of furan rings is 1. The van der Waals surface area contributed by atoms with Crippen LogP contribution in [0.25, 0.3) is 11.5 Å². The van der Waals surface area contributed by atoms with Gasteiger partial charge in [-0.25, -0.2) is 9.78 Å². The van der Waals surface area contributed by atoms with Crippen molar-refractivity contribution >= 4 is 5.97 Å². The Morgan fingerprint density at radius 1 is 1.47 bits per heavy atom. The summed E-state index contributed by atoms with van der Waals surface area (Å²) in [5, 5.41) is 9.03. The standard InChI is InChI=1S/C12H11NO4/c1-7-3-4-10(17-7)9-5-8(12(14)15)11(16-2)6-13-9/h3-6H,1-2H3,(H,14,15). The maximum Gasteiger partial charge on any atom is 0.339 e. The summed E-state index contributed by atoms with van der Waals surface area (Å²) < 4.78 is 10.3. The lowest BCUT2D eigenvalue weighted by atomic mass is 10.2. The van der Waals surface area contributed by atoms with Gasteiger partial charge in [0.15, 0.2) is 11.5 Å². The van der Waals surface area contributed by atoms with Gasteiger partial charge in [-0.2, -0.15) is 0 Å². The molecule has 0 aliphatic carbocycles. The highest BCUT2D eigenvalue weighted by atomic mass is 16.5. The van der Waals surface area contributed by atoms with Crippen LogP contribution in [0.15, 0.2) is 28.8 Å². The summed E-state index contributed by atoms with van der Waals surface area (Å²) in [4.78, 5) is 15.1. The molecule has 0 fully saturated rings. The Labute approximate surface area is 97.7 Å². The molecule has 0 aromatic carbocycles. The van der Waals surface area contributed by atoms with E-state index in [-0.39, 0.29) is 11.3 Å². The fourth-order valence-electron chi connectivity index (χ4n) is 1.48. The molecule has 1 N–H and O–H groups in total. The molecular weight excluding hydrogens is 222 g/mol. The van der Waals surface area contributed by atoms with Crippen LogP contribution in [0.2, 0.25) is 0 Å². The van der Waals surface area contributed by atoms with Gasteiger partial charge >= 0.3 is 5.97 Å². The third-order valence-electron chi connectivity index (χ3n) is 2.31. The monoisotopic (exact) mass is 233 g/mol. The largest absolute Gasteiger partial charge is 0.494 e. The molecule has 0 unspecified atom stereocenters. The number of methoxy groups -OCH3 is 1. The molecule has 2 aromatic rings. The van der Waals surface area contributed by atoms with Gasteiger partial charge in [0.05, 0.1) is 13.3 Å². The lowest BCUT2D eigenvalue weighted by molar-refractivity contribution is 0.0693. The van der Waals surface area contributed by atoms with Gasteiger partial charge in [0.1, 0.15) is 17.0 Å². The highest BCUT2D eigenvalue weighted by Crippen LogP contribution is 2.25. The summed E-state index contributed by atoms with van der Waals surface area (Å²) >= 11 is 0. The maximum atomic E-state index is 11.0. The molecule has 2 heterocycles. The van der Waals surface area contributed by atoms with E-state index >= 15 is 0 Å². The number of carboxylic acid groups (broad SMARTS) is 1. The number of ether oxygens (including phenoxy) is 1. The van der Waals surface area contributed by atoms with E-state index in [9.17, 15) is 4.79 Å². The molecule has 0 saturated carbocycles. The number of rotatable bonds is 3. The SMILES string of the molecule is COc1cnc(-c2ccc(C)o2)cc1C(=O)O. The highest BCUT2D eigenvalue weighted by molar-refractivity contribution is 5.91. The number of nitrogens with zero attached hydrogens (tertiary/aromatic N) is 1. The first-order valence-corrected chi connectivity index (χ1v) is 4.96. The van der Waals surface area contributed by atoms with Crippen LogP contribution < -0.4 is 4.74 Å². The third-order valence-corrected chi connectivity index (χ3v) is 2.31. The Hall–Kier alpha value is -2.30. The van der Waals surface area contributed by atoms with Gasteiger partial charge in [0.25, 0.3) is 0 Å². The molecule has 5 heteroatoms. The second kappa shape index (κ2) is 4.29. The Morgan fingerprint density at radius 2 is 2.24 bits per heavy atom. The van der Waals surface area contributed by atoms with Crippen molar-refractivity contribution in [1.82, 2.24) is 4.98 Å². The van der Waals surface area contributed by atoms with E-state index in [2.05, 4.69) is 4.98 Å². The fourth-order valence-corrected chi connectivity index (χ4v) is 1.48. The minimum Gasteiger partial charge on any atom is -0.494 e. The normalized spacial score (nSPS) is 10.2. The Morgan fingerprint density at radius 3 is 2.76 bits per heavy atom. The van der Waals surface area contributed by atoms with Crippen LogP contribution in [-0.2, 0) is 0 Å². The molecule has 2 aromatic heterocycles. The summed E-state index contributed by atoms with van der Waals surface area (Å²) in [7, 11) is 1.40. The van der Waals surface area contributed by atoms with Crippen molar-refractivity contribution in [2.45, 2.75) is 6.92 Å². The van der Waals surface area contributed by atoms with E-state index in [1.165, 1.54) is 19.4 Å². The zero-order valence-corrected chi connectivity index (χ0v) is 9.43. The molecule has 2 rings (SSSR count). The summed E-state index contributed by atoms with van der Waals surface area (Å²) in [5.41, 5.74) is 0.530. The molecule has 0 aliphatic heterocycles. The second-order valence-electron chi connectivity index (χ2n) is 3.49. The second-order valence-corrected chi connectivity index (χ2v) is 3.49. The lowest BCUT2D eigenvalue weighted by Gasteiger charge is -2.05. The lowest BCUT2D eigenvalue weighted by Crippen LogP contribution is -2.01. The summed E-state index contributed by atoms with van der Waals surface area (Å²) in [5.74, 6) is 0.445. The van der Waals surface area contributed by atoms with E-state index in [1.807, 2.05) is 6.92 Å². The van der Waals surface area contributed by atoms with Gasteiger partial charge in [-0.15, -0.1) is 0 Å². The Bertz CT molecular complexity index is 559. The quantitative estimate of drug-likeness (QED) is 0.880. The van der Waals surface area contributed by atoms with Crippen molar-refractivity contribution in [2.75, 3.05) is 7.11 Å². The molecule has 0 bridgehead atoms. The molecule has 0 aliphatic rings. The summed E-state index contributed by atoms with van der Waals surface area (Å²) in [6, 6.07) is 4.97. The predicted octanol–water partition coefficient (Wildman–Crippen LogP) is 2.36. The molecule has 0 spiro atoms. The van der Waals surface area contributed by atoms with E-state index in [1.54, 1.807) is 12.1 Å². The predicted molar refractivity (Wildman–Crippen MR) is 60.2 cm³/mol. The zero-order valence-electron chi connectivity index (χ0n) is 9.43. The molecule has 0 saturated heterocycles. The van der Waals surface area contributed by atoms with Crippen LogP contribution in [-0.4, -0.2) is 23.2 Å². The highest BCUT2D eigenvalue weighted by Gasteiger charge is 2.14. The topological polar surface area (TPSA) is 72.6 Å². The Kier molecular flexibility index (Phi) is 2.82. The van der Waals surface area contributed by atoms with Crippen molar-refractivity contribution in [2.24, 2.45) is 0 Å². The van der Waals surface area contributed by atoms with Crippen molar-refractivity contribution in [3.05, 3.63) is 35.7 Å². The summed E-state index contributed by atoms with van der Waals surface area (Å²) in [6.07, 6.45) is 1.37. The van der Waals surface area contributed by atoms with E-state index in [4.69, 9.17) is 14.3 Å². The van der Waals surface area contributed by atoms with Crippen LogP contribution in [0.5, 0.6) is 5.75 Å². The number of pyridine rings is 1. The van der Waals surface area contributed by atoms with Crippen LogP contribution >= 0.6 is 0 Å². The third kappa shape index (κ3) is 2.13. The van der Waals surface area contributed by atoms with Gasteiger partial charge in [-0.05, 0) is 25.1 Å². The van der Waals surface area contributed by atoms with Gasteiger partial charge in [-0.3, -0.25) is 0 Å². The minimum atomic E-state index is -1.06. The van der Waals surface area contributed by atoms with Gasteiger partial charge in [0, 0.05) is 0 Å². The molecule has 17 heavy (non-hydrogen) atoms. The number of carboxylic acids is 1. The van der Waals surface area contributed by atoms with Gasteiger partial charge in [0.2, 0.25) is 0 Å². The molecule has 0 amide bonds. The van der Waals surface area contributed by atoms with Crippen molar-refractivity contribution in [1.29, 1.82) is 0 Å². The molecule has 0 radical (unpaired) electrons. The fraction of sp³-hybridized carbons (Fsp3) is 0.167. The Balaban J connectivity index is 2.50. The minimum absolute atomic E-state index is 0.0616. The van der Waals surface area contributed by atoms with Crippen LogP contribution in [0, 0.1) is 6.92 Å². The molecular formula is C12H11NO4. The van der Waals surface area contributed by atoms with E-state index < -0.39 is 5.97 Å². The van der Waals surface area contributed by atoms with E-state index in [0.717, 1.165) is 5.76 Å². The number of hydrogen-bond acceptors (Lipinski definition) is 4. The van der Waals surface area contributed by atoms with Gasteiger partial charge in [-0.1, -0.05) is 0 Å².